The van der Waals surface area contributed by atoms with E-state index in [4.69, 9.17) is 21.1 Å². The number of likely N-dealkylation sites (N-methyl/N-ethyl adjacent to an activating group) is 1. The van der Waals surface area contributed by atoms with Crippen LogP contribution in [0.2, 0.25) is 5.02 Å². The Kier molecular flexibility index (Phi) is 9.06. The van der Waals surface area contributed by atoms with Gasteiger partial charge in [0.25, 0.3) is 0 Å². The van der Waals surface area contributed by atoms with Crippen molar-refractivity contribution in [2.24, 2.45) is 0 Å². The zero-order chi connectivity index (χ0) is 23.9. The molecule has 32 heavy (non-hydrogen) atoms. The molecule has 0 aliphatic carbocycles. The molecule has 174 valence electrons. The average molecular weight is 483 g/mol. The van der Waals surface area contributed by atoms with E-state index in [1.54, 1.807) is 38.1 Å². The van der Waals surface area contributed by atoms with Gasteiger partial charge in [-0.25, -0.2) is 8.42 Å². The predicted molar refractivity (Wildman–Crippen MR) is 121 cm³/mol. The van der Waals surface area contributed by atoms with E-state index in [1.165, 1.54) is 38.4 Å². The summed E-state index contributed by atoms with van der Waals surface area (Å²) in [4.78, 5) is 24.9. The molecular formula is C22H27ClN2O6S. The van der Waals surface area contributed by atoms with Crippen molar-refractivity contribution in [2.45, 2.75) is 37.3 Å². The van der Waals surface area contributed by atoms with E-state index in [0.29, 0.717) is 16.3 Å². The smallest absolute Gasteiger partial charge is 0.308 e. The van der Waals surface area contributed by atoms with Crippen LogP contribution in [0.1, 0.15) is 31.9 Å². The number of benzene rings is 2. The lowest BCUT2D eigenvalue weighted by Gasteiger charge is -2.22. The Bertz CT molecular complexity index is 1020. The van der Waals surface area contributed by atoms with Gasteiger partial charge < -0.3 is 14.8 Å². The number of ether oxygens (including phenoxy) is 2. The third kappa shape index (κ3) is 7.22. The third-order valence-corrected chi connectivity index (χ3v) is 6.55. The van der Waals surface area contributed by atoms with Crippen molar-refractivity contribution in [3.8, 4) is 5.75 Å². The Labute approximate surface area is 193 Å². The zero-order valence-electron chi connectivity index (χ0n) is 18.4. The number of amides is 1. The number of carbonyl (C=O) groups is 2. The van der Waals surface area contributed by atoms with Crippen molar-refractivity contribution < 1.29 is 27.5 Å². The highest BCUT2D eigenvalue weighted by molar-refractivity contribution is 7.89. The van der Waals surface area contributed by atoms with Gasteiger partial charge in [-0.05, 0) is 55.8 Å². The summed E-state index contributed by atoms with van der Waals surface area (Å²) in [6.07, 6.45) is -0.408. The maximum Gasteiger partial charge on any atom is 0.308 e. The first-order valence-electron chi connectivity index (χ1n) is 9.87. The van der Waals surface area contributed by atoms with Gasteiger partial charge in [-0.3, -0.25) is 9.59 Å². The predicted octanol–water partition coefficient (Wildman–Crippen LogP) is 3.17. The van der Waals surface area contributed by atoms with Crippen LogP contribution in [0.15, 0.2) is 53.4 Å². The fourth-order valence-corrected chi connectivity index (χ4v) is 4.13. The van der Waals surface area contributed by atoms with Gasteiger partial charge in [-0.15, -0.1) is 0 Å². The van der Waals surface area contributed by atoms with Gasteiger partial charge in [0.05, 0.1) is 37.1 Å². The van der Waals surface area contributed by atoms with Crippen molar-refractivity contribution in [3.63, 3.8) is 0 Å². The lowest BCUT2D eigenvalue weighted by Crippen LogP contribution is -2.40. The van der Waals surface area contributed by atoms with Crippen molar-refractivity contribution in [1.29, 1.82) is 0 Å². The molecule has 0 aliphatic rings. The number of nitrogens with one attached hydrogen (secondary N) is 1. The summed E-state index contributed by atoms with van der Waals surface area (Å²) >= 11 is 5.81. The van der Waals surface area contributed by atoms with Crippen molar-refractivity contribution in [2.75, 3.05) is 20.7 Å². The Morgan fingerprint density at radius 2 is 1.66 bits per heavy atom. The molecule has 0 bridgehead atoms. The van der Waals surface area contributed by atoms with Crippen LogP contribution in [-0.4, -0.2) is 51.4 Å². The molecule has 0 aliphatic heterocycles. The summed E-state index contributed by atoms with van der Waals surface area (Å²) in [6, 6.07) is 11.8. The Hall–Kier alpha value is -2.62. The van der Waals surface area contributed by atoms with Crippen LogP contribution in [0.25, 0.3) is 0 Å². The molecule has 0 spiro atoms. The third-order valence-electron chi connectivity index (χ3n) is 4.48. The van der Waals surface area contributed by atoms with Gasteiger partial charge in [0.1, 0.15) is 5.75 Å². The summed E-state index contributed by atoms with van der Waals surface area (Å²) in [5.74, 6) is -0.427. The summed E-state index contributed by atoms with van der Waals surface area (Å²) in [5.41, 5.74) is 0.656. The lowest BCUT2D eigenvalue weighted by molar-refractivity contribution is -0.148. The molecule has 1 atom stereocenters. The molecule has 0 radical (unpaired) electrons. The monoisotopic (exact) mass is 482 g/mol. The van der Waals surface area contributed by atoms with Crippen LogP contribution in [0.5, 0.6) is 5.75 Å². The SMILES string of the molecule is COc1ccc(C(CC(=O)OC(C)C)NC(=O)CN(C)S(=O)(=O)c2ccc(Cl)cc2)cc1. The molecular weight excluding hydrogens is 456 g/mol. The van der Waals surface area contributed by atoms with Crippen LogP contribution in [0, 0.1) is 0 Å². The molecule has 0 fully saturated rings. The first kappa shape index (κ1) is 25.6. The summed E-state index contributed by atoms with van der Waals surface area (Å²) in [6.45, 7) is 3.03. The van der Waals surface area contributed by atoms with Crippen molar-refractivity contribution >= 4 is 33.5 Å². The van der Waals surface area contributed by atoms with E-state index in [0.717, 1.165) is 4.31 Å². The molecule has 0 aromatic heterocycles. The quantitative estimate of drug-likeness (QED) is 0.522. The number of rotatable bonds is 10. The van der Waals surface area contributed by atoms with Gasteiger partial charge in [-0.2, -0.15) is 4.31 Å². The maximum absolute atomic E-state index is 12.7. The van der Waals surface area contributed by atoms with Crippen LogP contribution < -0.4 is 10.1 Å². The number of nitrogens with zero attached hydrogens (tertiary/aromatic N) is 1. The van der Waals surface area contributed by atoms with E-state index in [-0.39, 0.29) is 17.4 Å². The Morgan fingerprint density at radius 3 is 2.19 bits per heavy atom. The minimum absolute atomic E-state index is 0.0180. The molecule has 1 unspecified atom stereocenters. The maximum atomic E-state index is 12.7. The molecule has 2 aromatic carbocycles. The first-order valence-corrected chi connectivity index (χ1v) is 11.7. The molecule has 1 N–H and O–H groups in total. The Balaban J connectivity index is 2.15. The van der Waals surface area contributed by atoms with Gasteiger partial charge in [0.2, 0.25) is 15.9 Å². The van der Waals surface area contributed by atoms with Crippen LogP contribution in [-0.2, 0) is 24.3 Å². The largest absolute Gasteiger partial charge is 0.497 e. The van der Waals surface area contributed by atoms with E-state index < -0.39 is 34.5 Å². The number of hydrogen-bond donors (Lipinski definition) is 1. The van der Waals surface area contributed by atoms with Gasteiger partial charge in [0, 0.05) is 12.1 Å². The topological polar surface area (TPSA) is 102 Å². The molecule has 2 rings (SSSR count). The van der Waals surface area contributed by atoms with Crippen molar-refractivity contribution in [3.05, 3.63) is 59.1 Å². The molecule has 0 heterocycles. The molecule has 0 saturated carbocycles. The van der Waals surface area contributed by atoms with Crippen LogP contribution in [0.3, 0.4) is 0 Å². The molecule has 0 saturated heterocycles. The number of carbonyl (C=O) groups excluding carboxylic acids is 2. The van der Waals surface area contributed by atoms with E-state index >= 15 is 0 Å². The highest BCUT2D eigenvalue weighted by Crippen LogP contribution is 2.22. The number of halogens is 1. The minimum Gasteiger partial charge on any atom is -0.497 e. The highest BCUT2D eigenvalue weighted by atomic mass is 35.5. The molecule has 1 amide bonds. The Morgan fingerprint density at radius 1 is 1.06 bits per heavy atom. The van der Waals surface area contributed by atoms with E-state index in [9.17, 15) is 18.0 Å². The summed E-state index contributed by atoms with van der Waals surface area (Å²) in [5, 5.41) is 3.13. The fourth-order valence-electron chi connectivity index (χ4n) is 2.88. The first-order chi connectivity index (χ1) is 15.0. The zero-order valence-corrected chi connectivity index (χ0v) is 19.9. The lowest BCUT2D eigenvalue weighted by atomic mass is 10.0. The second kappa shape index (κ2) is 11.3. The second-order valence-electron chi connectivity index (χ2n) is 7.35. The second-order valence-corrected chi connectivity index (χ2v) is 9.83. The average Bonchev–Trinajstić information content (AvgIpc) is 2.73. The number of hydrogen-bond acceptors (Lipinski definition) is 6. The molecule has 2 aromatic rings. The van der Waals surface area contributed by atoms with Gasteiger partial charge >= 0.3 is 5.97 Å². The number of sulfonamides is 1. The van der Waals surface area contributed by atoms with E-state index in [2.05, 4.69) is 5.32 Å². The fraction of sp³-hybridized carbons (Fsp3) is 0.364. The minimum atomic E-state index is -3.89. The van der Waals surface area contributed by atoms with E-state index in [1.807, 2.05) is 0 Å². The number of esters is 1. The normalized spacial score (nSPS) is 12.5. The number of methoxy groups -OCH3 is 1. The molecule has 8 nitrogen and oxygen atoms in total. The standard InChI is InChI=1S/C22H27ClN2O6S/c1-15(2)31-22(27)13-20(16-5-9-18(30-4)10-6-16)24-21(26)14-25(3)32(28,29)19-11-7-17(23)8-12-19/h5-12,15,20H,13-14H2,1-4H3,(H,24,26). The van der Waals surface area contributed by atoms with Gasteiger partial charge in [0.15, 0.2) is 0 Å². The summed E-state index contributed by atoms with van der Waals surface area (Å²) in [7, 11) is -1.06. The van der Waals surface area contributed by atoms with Crippen LogP contribution >= 0.6 is 11.6 Å². The summed E-state index contributed by atoms with van der Waals surface area (Å²) < 4.78 is 36.7. The van der Waals surface area contributed by atoms with Crippen molar-refractivity contribution in [1.82, 2.24) is 9.62 Å². The highest BCUT2D eigenvalue weighted by Gasteiger charge is 2.25. The molecule has 10 heteroatoms. The van der Waals surface area contributed by atoms with Gasteiger partial charge in [-0.1, -0.05) is 23.7 Å². The van der Waals surface area contributed by atoms with Crippen LogP contribution in [0.4, 0.5) is 0 Å².